The number of para-hydroxylation sites is 1. The van der Waals surface area contributed by atoms with Gasteiger partial charge in [0, 0.05) is 0 Å². The number of thioether (sulfide) groups is 1. The lowest BCUT2D eigenvalue weighted by molar-refractivity contribution is -0.115. The van der Waals surface area contributed by atoms with Gasteiger partial charge in [0.1, 0.15) is 17.3 Å². The Balaban J connectivity index is 1.74. The molecule has 1 amide bonds. The number of hydrogen-bond acceptors (Lipinski definition) is 5. The number of hydrogen-bond donors (Lipinski definition) is 1. The second kappa shape index (κ2) is 7.61. The van der Waals surface area contributed by atoms with E-state index in [-0.39, 0.29) is 0 Å². The summed E-state index contributed by atoms with van der Waals surface area (Å²) in [5, 5.41) is 13.5. The lowest BCUT2D eigenvalue weighted by Crippen LogP contribution is -2.24. The molecule has 0 aliphatic carbocycles. The molecule has 0 saturated carbocycles. The van der Waals surface area contributed by atoms with Gasteiger partial charge in [-0.3, -0.25) is 4.79 Å². The van der Waals surface area contributed by atoms with Crippen LogP contribution in [-0.2, 0) is 4.79 Å². The molecule has 26 heavy (non-hydrogen) atoms. The third-order valence-corrected chi connectivity index (χ3v) is 4.61. The molecule has 1 heterocycles. The van der Waals surface area contributed by atoms with Crippen molar-refractivity contribution in [2.75, 3.05) is 5.32 Å². The lowest BCUT2D eigenvalue weighted by atomic mass is 10.2. The van der Waals surface area contributed by atoms with E-state index < -0.39 is 28.5 Å². The van der Waals surface area contributed by atoms with Gasteiger partial charge in [0.2, 0.25) is 11.1 Å². The molecule has 0 saturated heterocycles. The second-order valence-electron chi connectivity index (χ2n) is 5.55. The fraction of sp³-hybridized carbons (Fsp3) is 0.176. The van der Waals surface area contributed by atoms with Crippen LogP contribution in [0.3, 0.4) is 0 Å². The third kappa shape index (κ3) is 3.88. The minimum Gasteiger partial charge on any atom is -0.320 e. The number of benzene rings is 2. The summed E-state index contributed by atoms with van der Waals surface area (Å²) in [6.45, 7) is 3.57. The number of nitrogens with zero attached hydrogens (tertiary/aromatic N) is 4. The topological polar surface area (TPSA) is 72.7 Å². The summed E-state index contributed by atoms with van der Waals surface area (Å²) in [4.78, 5) is 12.3. The SMILES string of the molecule is Cc1ccc(-n2nnnc2SC(C)C(=O)Nc2c(F)cccc2F)cc1. The predicted molar refractivity (Wildman–Crippen MR) is 94.2 cm³/mol. The van der Waals surface area contributed by atoms with Crippen molar-refractivity contribution in [2.45, 2.75) is 24.3 Å². The Hall–Kier alpha value is -2.81. The highest BCUT2D eigenvalue weighted by Gasteiger charge is 2.21. The molecular weight excluding hydrogens is 360 g/mol. The van der Waals surface area contributed by atoms with Crippen molar-refractivity contribution in [1.82, 2.24) is 20.2 Å². The van der Waals surface area contributed by atoms with Crippen LogP contribution in [0.15, 0.2) is 47.6 Å². The second-order valence-corrected chi connectivity index (χ2v) is 6.86. The van der Waals surface area contributed by atoms with Crippen LogP contribution in [0.25, 0.3) is 5.69 Å². The van der Waals surface area contributed by atoms with Crippen molar-refractivity contribution in [3.8, 4) is 5.69 Å². The van der Waals surface area contributed by atoms with Crippen LogP contribution in [0.2, 0.25) is 0 Å². The summed E-state index contributed by atoms with van der Waals surface area (Å²) in [6, 6.07) is 10.9. The maximum absolute atomic E-state index is 13.7. The normalized spacial score (nSPS) is 12.0. The molecule has 0 bridgehead atoms. The average molecular weight is 375 g/mol. The minimum atomic E-state index is -0.833. The van der Waals surface area contributed by atoms with E-state index in [4.69, 9.17) is 0 Å². The Morgan fingerprint density at radius 2 is 1.81 bits per heavy atom. The molecule has 1 aromatic heterocycles. The lowest BCUT2D eigenvalue weighted by Gasteiger charge is -2.12. The van der Waals surface area contributed by atoms with E-state index in [0.717, 1.165) is 35.1 Å². The minimum absolute atomic E-state index is 0.394. The van der Waals surface area contributed by atoms with Crippen molar-refractivity contribution in [3.63, 3.8) is 0 Å². The molecule has 1 N–H and O–H groups in total. The Kier molecular flexibility index (Phi) is 5.27. The number of aryl methyl sites for hydroxylation is 1. The van der Waals surface area contributed by atoms with E-state index in [2.05, 4.69) is 20.8 Å². The van der Waals surface area contributed by atoms with Crippen LogP contribution < -0.4 is 5.32 Å². The fourth-order valence-electron chi connectivity index (χ4n) is 2.15. The number of tetrazole rings is 1. The van der Waals surface area contributed by atoms with Gasteiger partial charge in [0.15, 0.2) is 0 Å². The van der Waals surface area contributed by atoms with Crippen LogP contribution in [0.1, 0.15) is 12.5 Å². The van der Waals surface area contributed by atoms with Gasteiger partial charge >= 0.3 is 0 Å². The Labute approximate surface area is 152 Å². The van der Waals surface area contributed by atoms with E-state index in [9.17, 15) is 13.6 Å². The van der Waals surface area contributed by atoms with Crippen LogP contribution in [0.4, 0.5) is 14.5 Å². The van der Waals surface area contributed by atoms with Crippen LogP contribution >= 0.6 is 11.8 Å². The molecule has 2 aromatic carbocycles. The number of aromatic nitrogens is 4. The smallest absolute Gasteiger partial charge is 0.237 e. The quantitative estimate of drug-likeness (QED) is 0.692. The summed E-state index contributed by atoms with van der Waals surface area (Å²) < 4.78 is 28.8. The zero-order valence-corrected chi connectivity index (χ0v) is 14.8. The zero-order valence-electron chi connectivity index (χ0n) is 14.0. The maximum Gasteiger partial charge on any atom is 0.237 e. The van der Waals surface area contributed by atoms with Crippen molar-refractivity contribution in [1.29, 1.82) is 0 Å². The summed E-state index contributed by atoms with van der Waals surface area (Å²) in [5.41, 5.74) is 1.37. The summed E-state index contributed by atoms with van der Waals surface area (Å²) in [7, 11) is 0. The molecule has 3 rings (SSSR count). The molecule has 0 spiro atoms. The molecule has 9 heteroatoms. The maximum atomic E-state index is 13.7. The third-order valence-electron chi connectivity index (χ3n) is 3.58. The molecule has 0 aliphatic rings. The molecule has 6 nitrogen and oxygen atoms in total. The van der Waals surface area contributed by atoms with Gasteiger partial charge in [-0.25, -0.2) is 8.78 Å². The van der Waals surface area contributed by atoms with E-state index >= 15 is 0 Å². The molecule has 1 atom stereocenters. The van der Waals surface area contributed by atoms with E-state index in [1.165, 1.54) is 10.7 Å². The number of halogens is 2. The first-order valence-electron chi connectivity index (χ1n) is 7.72. The van der Waals surface area contributed by atoms with Crippen LogP contribution in [0, 0.1) is 18.6 Å². The highest BCUT2D eigenvalue weighted by molar-refractivity contribution is 8.00. The Morgan fingerprint density at radius 3 is 2.46 bits per heavy atom. The summed E-state index contributed by atoms with van der Waals surface area (Å²) >= 11 is 1.08. The molecule has 1 unspecified atom stereocenters. The zero-order chi connectivity index (χ0) is 18.7. The Bertz CT molecular complexity index is 909. The standard InChI is InChI=1S/C17H15F2N5OS/c1-10-6-8-12(9-7-10)24-17(21-22-23-24)26-11(2)16(25)20-15-13(18)4-3-5-14(15)19/h3-9,11H,1-2H3,(H,20,25). The number of nitrogens with one attached hydrogen (secondary N) is 1. The average Bonchev–Trinajstić information content (AvgIpc) is 3.07. The van der Waals surface area contributed by atoms with Crippen molar-refractivity contribution in [2.24, 2.45) is 0 Å². The van der Waals surface area contributed by atoms with Gasteiger partial charge in [0.25, 0.3) is 0 Å². The van der Waals surface area contributed by atoms with E-state index in [0.29, 0.717) is 5.16 Å². The van der Waals surface area contributed by atoms with Gasteiger partial charge < -0.3 is 5.32 Å². The Morgan fingerprint density at radius 1 is 1.15 bits per heavy atom. The van der Waals surface area contributed by atoms with E-state index in [1.807, 2.05) is 31.2 Å². The number of anilines is 1. The predicted octanol–water partition coefficient (Wildman–Crippen LogP) is 3.37. The summed E-state index contributed by atoms with van der Waals surface area (Å²) in [6.07, 6.45) is 0. The number of carbonyl (C=O) groups is 1. The highest BCUT2D eigenvalue weighted by atomic mass is 32.2. The van der Waals surface area contributed by atoms with Gasteiger partial charge in [-0.05, 0) is 48.5 Å². The van der Waals surface area contributed by atoms with Gasteiger partial charge in [-0.2, -0.15) is 4.68 Å². The molecule has 0 aliphatic heterocycles. The fourth-order valence-corrected chi connectivity index (χ4v) is 2.96. The highest BCUT2D eigenvalue weighted by Crippen LogP contribution is 2.25. The number of rotatable bonds is 5. The first-order valence-corrected chi connectivity index (χ1v) is 8.60. The van der Waals surface area contributed by atoms with Gasteiger partial charge in [-0.1, -0.05) is 35.5 Å². The first-order chi connectivity index (χ1) is 12.5. The molecule has 134 valence electrons. The monoisotopic (exact) mass is 375 g/mol. The van der Waals surface area contributed by atoms with E-state index in [1.54, 1.807) is 6.92 Å². The molecule has 0 radical (unpaired) electrons. The molecule has 0 fully saturated rings. The van der Waals surface area contributed by atoms with Crippen molar-refractivity contribution < 1.29 is 13.6 Å². The number of carbonyl (C=O) groups excluding carboxylic acids is 1. The van der Waals surface area contributed by atoms with Crippen LogP contribution in [0.5, 0.6) is 0 Å². The molecular formula is C17H15F2N5OS. The van der Waals surface area contributed by atoms with Gasteiger partial charge in [0.05, 0.1) is 10.9 Å². The summed E-state index contributed by atoms with van der Waals surface area (Å²) in [5.74, 6) is -2.22. The largest absolute Gasteiger partial charge is 0.320 e. The first kappa shape index (κ1) is 18.0. The molecule has 3 aromatic rings. The van der Waals surface area contributed by atoms with Crippen molar-refractivity contribution in [3.05, 3.63) is 59.7 Å². The number of amides is 1. The van der Waals surface area contributed by atoms with Crippen LogP contribution in [-0.4, -0.2) is 31.4 Å². The van der Waals surface area contributed by atoms with Gasteiger partial charge in [-0.15, -0.1) is 5.10 Å². The van der Waals surface area contributed by atoms with Crippen molar-refractivity contribution >= 4 is 23.4 Å².